The minimum Gasteiger partial charge on any atom is -0.314 e. The number of aryl methyl sites for hydroxylation is 1. The molecule has 1 heterocycles. The van der Waals surface area contributed by atoms with Crippen LogP contribution in [0.2, 0.25) is 0 Å². The van der Waals surface area contributed by atoms with Crippen molar-refractivity contribution < 1.29 is 0 Å². The molecule has 0 atom stereocenters. The third-order valence-corrected chi connectivity index (χ3v) is 2.76. The number of fused-ring (bicyclic) bond motifs is 1. The van der Waals surface area contributed by atoms with Crippen molar-refractivity contribution in [1.29, 1.82) is 0 Å². The van der Waals surface area contributed by atoms with Gasteiger partial charge in [0.25, 0.3) is 0 Å². The molecule has 0 radical (unpaired) electrons. The highest BCUT2D eigenvalue weighted by atomic mass is 79.9. The number of rotatable bonds is 2. The van der Waals surface area contributed by atoms with E-state index in [4.69, 9.17) is 0 Å². The molecule has 0 bridgehead atoms. The van der Waals surface area contributed by atoms with E-state index in [9.17, 15) is 0 Å². The summed E-state index contributed by atoms with van der Waals surface area (Å²) in [6.07, 6.45) is 0. The van der Waals surface area contributed by atoms with Crippen LogP contribution in [0.25, 0.3) is 10.9 Å². The van der Waals surface area contributed by atoms with Crippen molar-refractivity contribution >= 4 is 26.8 Å². The van der Waals surface area contributed by atoms with E-state index in [0.29, 0.717) is 0 Å². The van der Waals surface area contributed by atoms with Crippen molar-refractivity contribution in [2.45, 2.75) is 6.54 Å². The van der Waals surface area contributed by atoms with Crippen molar-refractivity contribution in [3.63, 3.8) is 0 Å². The highest BCUT2D eigenvalue weighted by molar-refractivity contribution is 9.10. The van der Waals surface area contributed by atoms with Crippen molar-refractivity contribution in [1.82, 2.24) is 15.1 Å². The molecule has 3 nitrogen and oxygen atoms in total. The molecule has 0 aliphatic rings. The average molecular weight is 254 g/mol. The molecule has 0 aliphatic heterocycles. The normalized spacial score (nSPS) is 11.1. The molecule has 0 aliphatic carbocycles. The van der Waals surface area contributed by atoms with Gasteiger partial charge < -0.3 is 5.32 Å². The quantitative estimate of drug-likeness (QED) is 0.888. The largest absolute Gasteiger partial charge is 0.314 e. The first-order valence-corrected chi connectivity index (χ1v) is 5.27. The predicted octanol–water partition coefficient (Wildman–Crippen LogP) is 2.06. The Morgan fingerprint density at radius 1 is 1.50 bits per heavy atom. The van der Waals surface area contributed by atoms with E-state index in [1.165, 1.54) is 11.1 Å². The van der Waals surface area contributed by atoms with Crippen molar-refractivity contribution in [3.05, 3.63) is 28.4 Å². The summed E-state index contributed by atoms with van der Waals surface area (Å²) >= 11 is 3.44. The minimum absolute atomic E-state index is 0.842. The molecule has 0 spiro atoms. The fourth-order valence-corrected chi connectivity index (χ4v) is 1.95. The number of hydrogen-bond acceptors (Lipinski definition) is 2. The number of nitrogens with zero attached hydrogens (tertiary/aromatic N) is 2. The Hall–Kier alpha value is -0.870. The summed E-state index contributed by atoms with van der Waals surface area (Å²) in [4.78, 5) is 0. The van der Waals surface area contributed by atoms with Gasteiger partial charge in [-0.2, -0.15) is 5.10 Å². The van der Waals surface area contributed by atoms with Gasteiger partial charge in [-0.1, -0.05) is 15.9 Å². The number of benzene rings is 1. The molecule has 0 saturated carbocycles. The third-order valence-electron chi connectivity index (χ3n) is 2.26. The maximum Gasteiger partial charge on any atom is 0.0937 e. The van der Waals surface area contributed by atoms with Crippen LogP contribution in [0.3, 0.4) is 0 Å². The number of halogens is 1. The molecule has 4 heteroatoms. The number of hydrogen-bond donors (Lipinski definition) is 1. The fraction of sp³-hybridized carbons (Fsp3) is 0.300. The Bertz CT molecular complexity index is 462. The van der Waals surface area contributed by atoms with Crippen LogP contribution in [-0.2, 0) is 13.6 Å². The van der Waals surface area contributed by atoms with Gasteiger partial charge in [-0.3, -0.25) is 4.68 Å². The van der Waals surface area contributed by atoms with Crippen LogP contribution in [0, 0.1) is 0 Å². The number of aromatic nitrogens is 2. The van der Waals surface area contributed by atoms with Crippen LogP contribution in [-0.4, -0.2) is 16.8 Å². The first kappa shape index (κ1) is 9.68. The molecular weight excluding hydrogens is 242 g/mol. The lowest BCUT2D eigenvalue weighted by atomic mass is 10.2. The van der Waals surface area contributed by atoms with E-state index in [1.807, 2.05) is 30.9 Å². The fourth-order valence-electron chi connectivity index (χ4n) is 1.60. The maximum atomic E-state index is 4.44. The zero-order valence-electron chi connectivity index (χ0n) is 8.21. The molecule has 1 aromatic heterocycles. The summed E-state index contributed by atoms with van der Waals surface area (Å²) in [6.45, 7) is 0.842. The van der Waals surface area contributed by atoms with Gasteiger partial charge in [-0.25, -0.2) is 0 Å². The predicted molar refractivity (Wildman–Crippen MR) is 61.2 cm³/mol. The summed E-state index contributed by atoms with van der Waals surface area (Å²) in [5, 5.41) is 8.80. The number of nitrogens with one attached hydrogen (secondary N) is 1. The Morgan fingerprint density at radius 3 is 3.00 bits per heavy atom. The molecule has 14 heavy (non-hydrogen) atoms. The van der Waals surface area contributed by atoms with E-state index in [2.05, 4.69) is 32.4 Å². The van der Waals surface area contributed by atoms with Crippen LogP contribution in [0.5, 0.6) is 0 Å². The van der Waals surface area contributed by atoms with E-state index in [0.717, 1.165) is 16.5 Å². The zero-order chi connectivity index (χ0) is 10.1. The van der Waals surface area contributed by atoms with Crippen LogP contribution in [0.15, 0.2) is 22.7 Å². The first-order chi connectivity index (χ1) is 6.72. The highest BCUT2D eigenvalue weighted by Crippen LogP contribution is 2.21. The van der Waals surface area contributed by atoms with Gasteiger partial charge in [0.15, 0.2) is 0 Å². The van der Waals surface area contributed by atoms with Gasteiger partial charge in [0.2, 0.25) is 0 Å². The van der Waals surface area contributed by atoms with E-state index < -0.39 is 0 Å². The van der Waals surface area contributed by atoms with E-state index >= 15 is 0 Å². The van der Waals surface area contributed by atoms with Crippen molar-refractivity contribution in [2.24, 2.45) is 7.05 Å². The van der Waals surface area contributed by atoms with Crippen LogP contribution >= 0.6 is 15.9 Å². The standard InChI is InChI=1S/C10H12BrN3/c1-12-6-10-8-4-3-7(11)5-9(8)13-14(10)2/h3-5,12H,6H2,1-2H3. The topological polar surface area (TPSA) is 29.9 Å². The second kappa shape index (κ2) is 3.71. The van der Waals surface area contributed by atoms with Crippen molar-refractivity contribution in [3.8, 4) is 0 Å². The van der Waals surface area contributed by atoms with Gasteiger partial charge in [-0.05, 0) is 25.2 Å². The smallest absolute Gasteiger partial charge is 0.0937 e. The van der Waals surface area contributed by atoms with Gasteiger partial charge in [0, 0.05) is 23.5 Å². The second-order valence-corrected chi connectivity index (χ2v) is 4.18. The highest BCUT2D eigenvalue weighted by Gasteiger charge is 2.07. The Kier molecular flexibility index (Phi) is 2.56. The monoisotopic (exact) mass is 253 g/mol. The molecule has 2 rings (SSSR count). The first-order valence-electron chi connectivity index (χ1n) is 4.48. The molecule has 0 unspecified atom stereocenters. The SMILES string of the molecule is CNCc1c2ccc(Br)cc2nn1C. The molecule has 1 aromatic carbocycles. The summed E-state index contributed by atoms with van der Waals surface area (Å²) in [6, 6.07) is 6.18. The van der Waals surface area contributed by atoms with Gasteiger partial charge in [0.1, 0.15) is 0 Å². The average Bonchev–Trinajstić information content (AvgIpc) is 2.43. The summed E-state index contributed by atoms with van der Waals surface area (Å²) < 4.78 is 2.99. The molecule has 0 fully saturated rings. The van der Waals surface area contributed by atoms with Gasteiger partial charge in [-0.15, -0.1) is 0 Å². The minimum atomic E-state index is 0.842. The lowest BCUT2D eigenvalue weighted by Gasteiger charge is -2.00. The maximum absolute atomic E-state index is 4.44. The Labute approximate surface area is 91.2 Å². The Balaban J connectivity index is 2.64. The van der Waals surface area contributed by atoms with Crippen LogP contribution in [0.4, 0.5) is 0 Å². The second-order valence-electron chi connectivity index (χ2n) is 3.26. The molecule has 74 valence electrons. The van der Waals surface area contributed by atoms with Crippen LogP contribution in [0.1, 0.15) is 5.69 Å². The lowest BCUT2D eigenvalue weighted by Crippen LogP contribution is -2.09. The van der Waals surface area contributed by atoms with Gasteiger partial charge in [0.05, 0.1) is 11.2 Å². The summed E-state index contributed by atoms with van der Waals surface area (Å²) in [5.41, 5.74) is 2.25. The Morgan fingerprint density at radius 2 is 2.29 bits per heavy atom. The van der Waals surface area contributed by atoms with Crippen LogP contribution < -0.4 is 5.32 Å². The molecule has 1 N–H and O–H groups in total. The third kappa shape index (κ3) is 1.55. The molecule has 0 saturated heterocycles. The molecule has 0 amide bonds. The molecular formula is C10H12BrN3. The summed E-state index contributed by atoms with van der Waals surface area (Å²) in [7, 11) is 3.91. The lowest BCUT2D eigenvalue weighted by molar-refractivity contribution is 0.680. The van der Waals surface area contributed by atoms with Gasteiger partial charge >= 0.3 is 0 Å². The molecule has 2 aromatic rings. The van der Waals surface area contributed by atoms with Crippen molar-refractivity contribution in [2.75, 3.05) is 7.05 Å². The van der Waals surface area contributed by atoms with E-state index in [-0.39, 0.29) is 0 Å². The zero-order valence-corrected chi connectivity index (χ0v) is 9.80. The van der Waals surface area contributed by atoms with E-state index in [1.54, 1.807) is 0 Å². The summed E-state index contributed by atoms with van der Waals surface area (Å²) in [5.74, 6) is 0.